The Bertz CT molecular complexity index is 1090. The number of halogens is 1. The average molecular weight is 455 g/mol. The summed E-state index contributed by atoms with van der Waals surface area (Å²) in [5, 5.41) is 15.3. The highest BCUT2D eigenvalue weighted by Gasteiger charge is 2.21. The maximum atomic E-state index is 12.8. The molecule has 32 heavy (non-hydrogen) atoms. The molecule has 1 heterocycles. The van der Waals surface area contributed by atoms with Gasteiger partial charge in [0.25, 0.3) is 11.6 Å². The minimum absolute atomic E-state index is 0.179. The Kier molecular flexibility index (Phi) is 7.62. The third-order valence-corrected chi connectivity index (χ3v) is 5.02. The van der Waals surface area contributed by atoms with Crippen LogP contribution in [0.15, 0.2) is 66.9 Å². The van der Waals surface area contributed by atoms with Crippen LogP contribution in [0.2, 0.25) is 5.02 Å². The van der Waals surface area contributed by atoms with E-state index in [1.54, 1.807) is 55.7 Å². The number of anilines is 1. The van der Waals surface area contributed by atoms with Crippen LogP contribution in [-0.2, 0) is 0 Å². The molecule has 3 aromatic rings. The molecule has 0 radical (unpaired) electrons. The summed E-state index contributed by atoms with van der Waals surface area (Å²) >= 11 is 5.93. The minimum atomic E-state index is -0.507. The van der Waals surface area contributed by atoms with E-state index in [-0.39, 0.29) is 29.8 Å². The van der Waals surface area contributed by atoms with E-state index in [0.29, 0.717) is 23.0 Å². The van der Waals surface area contributed by atoms with E-state index >= 15 is 0 Å². The first kappa shape index (κ1) is 23.0. The first-order valence-corrected chi connectivity index (χ1v) is 10.3. The van der Waals surface area contributed by atoms with Crippen molar-refractivity contribution in [2.45, 2.75) is 13.0 Å². The van der Waals surface area contributed by atoms with Crippen LogP contribution >= 0.6 is 11.6 Å². The number of benzene rings is 2. The predicted octanol–water partition coefficient (Wildman–Crippen LogP) is 4.97. The fourth-order valence-corrected chi connectivity index (χ4v) is 3.24. The van der Waals surface area contributed by atoms with Gasteiger partial charge in [-0.3, -0.25) is 19.9 Å². The van der Waals surface area contributed by atoms with Crippen molar-refractivity contribution in [3.05, 3.63) is 93.3 Å². The van der Waals surface area contributed by atoms with Gasteiger partial charge in [0.2, 0.25) is 0 Å². The van der Waals surface area contributed by atoms with Crippen molar-refractivity contribution >= 4 is 28.9 Å². The Morgan fingerprint density at radius 3 is 2.72 bits per heavy atom. The first-order chi connectivity index (χ1) is 15.3. The zero-order chi connectivity index (χ0) is 23.1. The van der Waals surface area contributed by atoms with Crippen LogP contribution in [0.4, 0.5) is 11.4 Å². The van der Waals surface area contributed by atoms with Gasteiger partial charge in [-0.15, -0.1) is 0 Å². The van der Waals surface area contributed by atoms with Crippen molar-refractivity contribution in [2.75, 3.05) is 25.5 Å². The largest absolute Gasteiger partial charge is 0.492 e. The molecular formula is C23H23ClN4O4. The molecule has 2 aromatic carbocycles. The molecule has 0 spiro atoms. The SMILES string of the molecule is CC(Nc1ccc(C(=O)N(C)CCOc2cccc(Cl)c2)cc1[N+](=O)[O-])c1ccccn1. The molecule has 0 aliphatic heterocycles. The van der Waals surface area contributed by atoms with Gasteiger partial charge < -0.3 is 15.0 Å². The summed E-state index contributed by atoms with van der Waals surface area (Å²) in [5.41, 5.74) is 1.11. The maximum absolute atomic E-state index is 12.8. The van der Waals surface area contributed by atoms with Crippen LogP contribution in [0.25, 0.3) is 0 Å². The van der Waals surface area contributed by atoms with Crippen LogP contribution in [0, 0.1) is 10.1 Å². The van der Waals surface area contributed by atoms with E-state index in [0.717, 1.165) is 5.69 Å². The van der Waals surface area contributed by atoms with Gasteiger partial charge in [-0.2, -0.15) is 0 Å². The van der Waals surface area contributed by atoms with E-state index in [2.05, 4.69) is 10.3 Å². The molecule has 0 bridgehead atoms. The number of rotatable bonds is 9. The molecule has 0 fully saturated rings. The van der Waals surface area contributed by atoms with Gasteiger partial charge in [0, 0.05) is 29.9 Å². The lowest BCUT2D eigenvalue weighted by molar-refractivity contribution is -0.384. The fourth-order valence-electron chi connectivity index (χ4n) is 3.06. The zero-order valence-corrected chi connectivity index (χ0v) is 18.5. The van der Waals surface area contributed by atoms with Gasteiger partial charge in [0.05, 0.1) is 23.2 Å². The highest BCUT2D eigenvalue weighted by molar-refractivity contribution is 6.30. The predicted molar refractivity (Wildman–Crippen MR) is 123 cm³/mol. The van der Waals surface area contributed by atoms with Crippen LogP contribution in [0.1, 0.15) is 29.0 Å². The maximum Gasteiger partial charge on any atom is 0.293 e. The molecule has 3 rings (SSSR count). The van der Waals surface area contributed by atoms with Gasteiger partial charge in [0.1, 0.15) is 18.0 Å². The van der Waals surface area contributed by atoms with E-state index in [9.17, 15) is 14.9 Å². The molecular weight excluding hydrogens is 432 g/mol. The molecule has 0 saturated heterocycles. The Hall–Kier alpha value is -3.65. The van der Waals surface area contributed by atoms with Crippen LogP contribution in [0.3, 0.4) is 0 Å². The number of nitro benzene ring substituents is 1. The Morgan fingerprint density at radius 1 is 1.22 bits per heavy atom. The summed E-state index contributed by atoms with van der Waals surface area (Å²) in [4.78, 5) is 29.6. The fraction of sp³-hybridized carbons (Fsp3) is 0.217. The Labute approximate surface area is 190 Å². The van der Waals surface area contributed by atoms with E-state index in [1.165, 1.54) is 11.0 Å². The second-order valence-corrected chi connectivity index (χ2v) is 7.58. The number of nitrogens with one attached hydrogen (secondary N) is 1. The van der Waals surface area contributed by atoms with Gasteiger partial charge in [-0.05, 0) is 49.4 Å². The van der Waals surface area contributed by atoms with E-state index < -0.39 is 4.92 Å². The molecule has 1 aromatic heterocycles. The molecule has 1 N–H and O–H groups in total. The molecule has 0 aliphatic rings. The van der Waals surface area contributed by atoms with Crippen molar-refractivity contribution in [3.63, 3.8) is 0 Å². The van der Waals surface area contributed by atoms with Crippen LogP contribution < -0.4 is 10.1 Å². The number of hydrogen-bond donors (Lipinski definition) is 1. The zero-order valence-electron chi connectivity index (χ0n) is 17.7. The molecule has 1 unspecified atom stereocenters. The lowest BCUT2D eigenvalue weighted by atomic mass is 10.1. The number of amides is 1. The normalized spacial score (nSPS) is 11.5. The van der Waals surface area contributed by atoms with Crippen LogP contribution in [0.5, 0.6) is 5.75 Å². The number of hydrogen-bond acceptors (Lipinski definition) is 6. The van der Waals surface area contributed by atoms with E-state index in [4.69, 9.17) is 16.3 Å². The minimum Gasteiger partial charge on any atom is -0.492 e. The number of pyridine rings is 1. The number of nitro groups is 1. The summed E-state index contributed by atoms with van der Waals surface area (Å²) < 4.78 is 5.61. The number of ether oxygens (including phenoxy) is 1. The summed E-state index contributed by atoms with van der Waals surface area (Å²) in [6.07, 6.45) is 1.66. The average Bonchev–Trinajstić information content (AvgIpc) is 2.79. The van der Waals surface area contributed by atoms with Gasteiger partial charge in [-0.1, -0.05) is 23.7 Å². The molecule has 166 valence electrons. The van der Waals surface area contributed by atoms with Crippen molar-refractivity contribution in [3.8, 4) is 5.75 Å². The number of aromatic nitrogens is 1. The highest BCUT2D eigenvalue weighted by atomic mass is 35.5. The van der Waals surface area contributed by atoms with Crippen molar-refractivity contribution in [2.24, 2.45) is 0 Å². The lowest BCUT2D eigenvalue weighted by Crippen LogP contribution is -2.31. The second-order valence-electron chi connectivity index (χ2n) is 7.14. The molecule has 0 saturated carbocycles. The van der Waals surface area contributed by atoms with Crippen LogP contribution in [-0.4, -0.2) is 40.9 Å². The summed E-state index contributed by atoms with van der Waals surface area (Å²) in [6.45, 7) is 2.42. The molecule has 9 heteroatoms. The smallest absolute Gasteiger partial charge is 0.293 e. The first-order valence-electron chi connectivity index (χ1n) is 9.95. The second kappa shape index (κ2) is 10.6. The lowest BCUT2D eigenvalue weighted by Gasteiger charge is -2.19. The van der Waals surface area contributed by atoms with Gasteiger partial charge >= 0.3 is 0 Å². The van der Waals surface area contributed by atoms with E-state index in [1.807, 2.05) is 19.1 Å². The van der Waals surface area contributed by atoms with Crippen molar-refractivity contribution < 1.29 is 14.5 Å². The monoisotopic (exact) mass is 454 g/mol. The summed E-state index contributed by atoms with van der Waals surface area (Å²) in [5.74, 6) is 0.263. The van der Waals surface area contributed by atoms with Gasteiger partial charge in [-0.25, -0.2) is 0 Å². The number of carbonyl (C=O) groups is 1. The molecule has 8 nitrogen and oxygen atoms in total. The third kappa shape index (κ3) is 5.95. The highest BCUT2D eigenvalue weighted by Crippen LogP contribution is 2.29. The molecule has 1 amide bonds. The van der Waals surface area contributed by atoms with Crippen molar-refractivity contribution in [1.29, 1.82) is 0 Å². The topological polar surface area (TPSA) is 97.6 Å². The third-order valence-electron chi connectivity index (χ3n) is 4.78. The van der Waals surface area contributed by atoms with Crippen molar-refractivity contribution in [1.82, 2.24) is 9.88 Å². The molecule has 0 aliphatic carbocycles. The Balaban J connectivity index is 1.67. The number of likely N-dealkylation sites (N-methyl/N-ethyl adjacent to an activating group) is 1. The number of carbonyl (C=O) groups excluding carboxylic acids is 1. The van der Waals surface area contributed by atoms with Gasteiger partial charge in [0.15, 0.2) is 0 Å². The summed E-state index contributed by atoms with van der Waals surface area (Å²) in [7, 11) is 1.62. The Morgan fingerprint density at radius 2 is 2.03 bits per heavy atom. The molecule has 1 atom stereocenters. The number of nitrogens with zero attached hydrogens (tertiary/aromatic N) is 3. The quantitative estimate of drug-likeness (QED) is 0.362. The summed E-state index contributed by atoms with van der Waals surface area (Å²) in [6, 6.07) is 16.6. The standard InChI is InChI=1S/C23H23ClN4O4/c1-16(20-8-3-4-11-25-20)26-21-10-9-17(14-22(21)28(30)31)23(29)27(2)12-13-32-19-7-5-6-18(24)15-19/h3-11,14-16,26H,12-13H2,1-2H3.